The van der Waals surface area contributed by atoms with E-state index in [0.29, 0.717) is 5.88 Å². The highest BCUT2D eigenvalue weighted by Gasteiger charge is 2.06. The molecule has 0 spiro atoms. The van der Waals surface area contributed by atoms with Crippen molar-refractivity contribution in [1.29, 1.82) is 0 Å². The van der Waals surface area contributed by atoms with Crippen molar-refractivity contribution >= 4 is 27.5 Å². The normalized spacial score (nSPS) is 10.9. The van der Waals surface area contributed by atoms with Crippen LogP contribution in [0, 0.1) is 0 Å². The summed E-state index contributed by atoms with van der Waals surface area (Å²) < 4.78 is 6.22. The lowest BCUT2D eigenvalue weighted by atomic mass is 10.2. The van der Waals surface area contributed by atoms with Gasteiger partial charge in [0.2, 0.25) is 0 Å². The zero-order valence-corrected chi connectivity index (χ0v) is 12.7. The van der Waals surface area contributed by atoms with Gasteiger partial charge in [0.05, 0.1) is 11.6 Å². The van der Waals surface area contributed by atoms with E-state index >= 15 is 0 Å². The lowest BCUT2D eigenvalue weighted by molar-refractivity contribution is 0.282. The van der Waals surface area contributed by atoms with Gasteiger partial charge in [0.25, 0.3) is 0 Å². The van der Waals surface area contributed by atoms with Crippen LogP contribution in [0.15, 0.2) is 22.7 Å². The molecule has 0 aliphatic rings. The van der Waals surface area contributed by atoms with Crippen molar-refractivity contribution in [2.24, 2.45) is 0 Å². The number of methoxy groups -OCH3 is 1. The van der Waals surface area contributed by atoms with E-state index in [9.17, 15) is 0 Å². The Balaban J connectivity index is 2.68. The highest BCUT2D eigenvalue weighted by molar-refractivity contribution is 9.10. The Morgan fingerprint density at radius 2 is 2.12 bits per heavy atom. The number of nitrogens with zero attached hydrogens (tertiary/aromatic N) is 1. The fourth-order valence-electron chi connectivity index (χ4n) is 1.77. The van der Waals surface area contributed by atoms with Crippen LogP contribution >= 0.6 is 27.5 Å². The summed E-state index contributed by atoms with van der Waals surface area (Å²) in [5, 5.41) is 0. The number of rotatable bonds is 7. The summed E-state index contributed by atoms with van der Waals surface area (Å²) in [5.74, 6) is 1.55. The molecule has 1 aromatic rings. The summed E-state index contributed by atoms with van der Waals surface area (Å²) >= 11 is 9.31. The number of hydrogen-bond acceptors (Lipinski definition) is 2. The third-order valence-corrected chi connectivity index (χ3v) is 3.35. The number of halogens is 2. The largest absolute Gasteiger partial charge is 0.496 e. The van der Waals surface area contributed by atoms with Crippen molar-refractivity contribution in [2.45, 2.75) is 19.9 Å². The molecule has 0 aliphatic heterocycles. The minimum Gasteiger partial charge on any atom is -0.496 e. The van der Waals surface area contributed by atoms with Gasteiger partial charge in [0, 0.05) is 19.0 Å². The first-order valence-electron chi connectivity index (χ1n) is 5.82. The van der Waals surface area contributed by atoms with Crippen molar-refractivity contribution in [3.63, 3.8) is 0 Å². The van der Waals surface area contributed by atoms with Crippen molar-refractivity contribution in [1.82, 2.24) is 4.90 Å². The summed E-state index contributed by atoms with van der Waals surface area (Å²) in [7, 11) is 1.68. The molecule has 0 aromatic heterocycles. The van der Waals surface area contributed by atoms with E-state index < -0.39 is 0 Å². The molecule has 0 atom stereocenters. The van der Waals surface area contributed by atoms with Crippen molar-refractivity contribution in [2.75, 3.05) is 26.1 Å². The predicted molar refractivity (Wildman–Crippen MR) is 77.0 cm³/mol. The zero-order valence-electron chi connectivity index (χ0n) is 10.4. The second-order valence-electron chi connectivity index (χ2n) is 3.93. The quantitative estimate of drug-likeness (QED) is 0.706. The van der Waals surface area contributed by atoms with Gasteiger partial charge in [-0.05, 0) is 46.6 Å². The molecular formula is C13H19BrClNO. The Morgan fingerprint density at radius 3 is 2.65 bits per heavy atom. The molecular weight excluding hydrogens is 302 g/mol. The van der Waals surface area contributed by atoms with Crippen molar-refractivity contribution in [3.05, 3.63) is 28.2 Å². The Hall–Kier alpha value is -0.250. The second kappa shape index (κ2) is 7.96. The van der Waals surface area contributed by atoms with Gasteiger partial charge in [0.15, 0.2) is 0 Å². The zero-order chi connectivity index (χ0) is 12.7. The van der Waals surface area contributed by atoms with E-state index in [0.717, 1.165) is 36.3 Å². The van der Waals surface area contributed by atoms with Crippen molar-refractivity contribution in [3.8, 4) is 5.75 Å². The Morgan fingerprint density at radius 1 is 1.35 bits per heavy atom. The van der Waals surface area contributed by atoms with Crippen LogP contribution < -0.4 is 4.74 Å². The maximum absolute atomic E-state index is 5.81. The molecule has 96 valence electrons. The molecule has 2 nitrogen and oxygen atoms in total. The van der Waals surface area contributed by atoms with Crippen LogP contribution in [0.3, 0.4) is 0 Å². The highest BCUT2D eigenvalue weighted by atomic mass is 79.9. The predicted octanol–water partition coefficient (Wildman–Crippen LogP) is 3.91. The molecule has 0 N–H and O–H groups in total. The smallest absolute Gasteiger partial charge is 0.133 e. The Bertz CT molecular complexity index is 340. The van der Waals surface area contributed by atoms with E-state index in [2.05, 4.69) is 39.9 Å². The highest BCUT2D eigenvalue weighted by Crippen LogP contribution is 2.26. The number of ether oxygens (including phenoxy) is 1. The fraction of sp³-hybridized carbons (Fsp3) is 0.538. The molecule has 0 heterocycles. The summed E-state index contributed by atoms with van der Waals surface area (Å²) in [6.45, 7) is 5.13. The standard InChI is InChI=1S/C13H19BrClNO/c1-3-7-16(8-6-15)10-11-4-5-13(17-2)12(14)9-11/h4-5,9H,3,6-8,10H2,1-2H3. The summed E-state index contributed by atoms with van der Waals surface area (Å²) in [5.41, 5.74) is 1.27. The van der Waals surface area contributed by atoms with Crippen LogP contribution in [0.5, 0.6) is 5.75 Å². The summed E-state index contributed by atoms with van der Waals surface area (Å²) in [6, 6.07) is 6.19. The summed E-state index contributed by atoms with van der Waals surface area (Å²) in [4.78, 5) is 2.36. The minimum atomic E-state index is 0.678. The molecule has 0 saturated carbocycles. The molecule has 0 aliphatic carbocycles. The minimum absolute atomic E-state index is 0.678. The van der Waals surface area contributed by atoms with E-state index in [1.807, 2.05) is 6.07 Å². The molecule has 17 heavy (non-hydrogen) atoms. The van der Waals surface area contributed by atoms with Gasteiger partial charge in [-0.2, -0.15) is 0 Å². The van der Waals surface area contributed by atoms with Gasteiger partial charge < -0.3 is 4.74 Å². The van der Waals surface area contributed by atoms with E-state index in [1.165, 1.54) is 5.56 Å². The summed E-state index contributed by atoms with van der Waals surface area (Å²) in [6.07, 6.45) is 1.15. The van der Waals surface area contributed by atoms with Crippen LogP contribution in [0.25, 0.3) is 0 Å². The Labute approximate surface area is 117 Å². The van der Waals surface area contributed by atoms with Crippen LogP contribution in [-0.2, 0) is 6.54 Å². The first kappa shape index (κ1) is 14.8. The van der Waals surface area contributed by atoms with Gasteiger partial charge in [-0.25, -0.2) is 0 Å². The maximum atomic E-state index is 5.81. The topological polar surface area (TPSA) is 12.5 Å². The number of hydrogen-bond donors (Lipinski definition) is 0. The molecule has 0 radical (unpaired) electrons. The van der Waals surface area contributed by atoms with Gasteiger partial charge in [-0.3, -0.25) is 4.90 Å². The van der Waals surface area contributed by atoms with E-state index in [-0.39, 0.29) is 0 Å². The van der Waals surface area contributed by atoms with Crippen LogP contribution in [-0.4, -0.2) is 31.0 Å². The van der Waals surface area contributed by atoms with Crippen LogP contribution in [0.2, 0.25) is 0 Å². The third-order valence-electron chi connectivity index (χ3n) is 2.56. The molecule has 4 heteroatoms. The average molecular weight is 321 g/mol. The lowest BCUT2D eigenvalue weighted by Gasteiger charge is -2.20. The van der Waals surface area contributed by atoms with Gasteiger partial charge in [-0.1, -0.05) is 13.0 Å². The number of alkyl halides is 1. The van der Waals surface area contributed by atoms with Crippen LogP contribution in [0.4, 0.5) is 0 Å². The first-order chi connectivity index (χ1) is 8.21. The van der Waals surface area contributed by atoms with Crippen LogP contribution in [0.1, 0.15) is 18.9 Å². The molecule has 0 amide bonds. The Kier molecular flexibility index (Phi) is 6.93. The number of benzene rings is 1. The maximum Gasteiger partial charge on any atom is 0.133 e. The second-order valence-corrected chi connectivity index (χ2v) is 5.17. The first-order valence-corrected chi connectivity index (χ1v) is 7.14. The van der Waals surface area contributed by atoms with Crippen molar-refractivity contribution < 1.29 is 4.74 Å². The average Bonchev–Trinajstić information content (AvgIpc) is 2.30. The van der Waals surface area contributed by atoms with Gasteiger partial charge in [0.1, 0.15) is 5.75 Å². The van der Waals surface area contributed by atoms with E-state index in [1.54, 1.807) is 7.11 Å². The van der Waals surface area contributed by atoms with Gasteiger partial charge in [-0.15, -0.1) is 11.6 Å². The monoisotopic (exact) mass is 319 g/mol. The lowest BCUT2D eigenvalue weighted by Crippen LogP contribution is -2.26. The fourth-order valence-corrected chi connectivity index (χ4v) is 2.60. The third kappa shape index (κ3) is 4.86. The molecule has 0 bridgehead atoms. The molecule has 0 unspecified atom stereocenters. The van der Waals surface area contributed by atoms with Gasteiger partial charge >= 0.3 is 0 Å². The molecule has 1 aromatic carbocycles. The van der Waals surface area contributed by atoms with E-state index in [4.69, 9.17) is 16.3 Å². The molecule has 1 rings (SSSR count). The molecule has 0 saturated heterocycles. The molecule has 0 fully saturated rings. The SMILES string of the molecule is CCCN(CCCl)Cc1ccc(OC)c(Br)c1.